The Bertz CT molecular complexity index is 781. The third-order valence-electron chi connectivity index (χ3n) is 5.75. The van der Waals surface area contributed by atoms with Crippen LogP contribution >= 0.6 is 0 Å². The molecule has 4 heterocycles. The summed E-state index contributed by atoms with van der Waals surface area (Å²) in [6, 6.07) is 8.06. The Balaban J connectivity index is 1.31. The zero-order valence-corrected chi connectivity index (χ0v) is 15.5. The smallest absolute Gasteiger partial charge is 0.250 e. The number of likely N-dealkylation sites (tertiary alicyclic amines) is 1. The van der Waals surface area contributed by atoms with E-state index >= 15 is 0 Å². The predicted octanol–water partition coefficient (Wildman–Crippen LogP) is 3.60. The van der Waals surface area contributed by atoms with E-state index in [9.17, 15) is 4.79 Å². The van der Waals surface area contributed by atoms with Crippen molar-refractivity contribution < 1.29 is 9.15 Å². The van der Waals surface area contributed by atoms with Crippen molar-refractivity contribution in [2.45, 2.75) is 50.7 Å². The van der Waals surface area contributed by atoms with Gasteiger partial charge in [0.15, 0.2) is 0 Å². The first-order chi connectivity index (χ1) is 12.7. The molecule has 140 valence electrons. The molecule has 1 atom stereocenters. The summed E-state index contributed by atoms with van der Waals surface area (Å²) in [7, 11) is 1.80. The van der Waals surface area contributed by atoms with Gasteiger partial charge in [-0.25, -0.2) is 0 Å². The summed E-state index contributed by atoms with van der Waals surface area (Å²) in [5.41, 5.74) is 1.26. The molecule has 0 aliphatic carbocycles. The van der Waals surface area contributed by atoms with Crippen molar-refractivity contribution in [1.82, 2.24) is 9.47 Å². The van der Waals surface area contributed by atoms with Gasteiger partial charge in [-0.3, -0.25) is 9.69 Å². The maximum atomic E-state index is 11.9. The standard InChI is InChI=1S/C21H28N2O3/c1-22-10-7-17(14-21(22)24)16-8-11-23(12-9-16)15-18-5-6-20(26-18)19-4-2-3-13-25-19/h5-7,10,14,16,19H,2-4,8-9,11-13,15H2,1H3. The molecule has 4 rings (SSSR count). The highest BCUT2D eigenvalue weighted by molar-refractivity contribution is 5.17. The number of hydrogen-bond donors (Lipinski definition) is 0. The molecule has 0 N–H and O–H groups in total. The lowest BCUT2D eigenvalue weighted by Crippen LogP contribution is -2.32. The zero-order chi connectivity index (χ0) is 17.9. The van der Waals surface area contributed by atoms with Gasteiger partial charge >= 0.3 is 0 Å². The van der Waals surface area contributed by atoms with E-state index in [0.717, 1.165) is 63.4 Å². The van der Waals surface area contributed by atoms with E-state index in [-0.39, 0.29) is 11.7 Å². The zero-order valence-electron chi connectivity index (χ0n) is 15.5. The van der Waals surface area contributed by atoms with Gasteiger partial charge in [0.2, 0.25) is 0 Å². The first kappa shape index (κ1) is 17.6. The lowest BCUT2D eigenvalue weighted by atomic mass is 9.90. The molecule has 2 aromatic heterocycles. The van der Waals surface area contributed by atoms with Crippen LogP contribution in [-0.4, -0.2) is 29.2 Å². The normalized spacial score (nSPS) is 22.6. The van der Waals surface area contributed by atoms with E-state index in [0.29, 0.717) is 5.92 Å². The van der Waals surface area contributed by atoms with Gasteiger partial charge in [0.05, 0.1) is 6.54 Å². The summed E-state index contributed by atoms with van der Waals surface area (Å²) in [5, 5.41) is 0. The molecule has 5 heteroatoms. The van der Waals surface area contributed by atoms with Crippen LogP contribution in [0.2, 0.25) is 0 Å². The Kier molecular flexibility index (Phi) is 5.27. The van der Waals surface area contributed by atoms with Crippen LogP contribution in [0.1, 0.15) is 61.2 Å². The van der Waals surface area contributed by atoms with Crippen LogP contribution in [0.5, 0.6) is 0 Å². The number of rotatable bonds is 4. The average Bonchev–Trinajstić information content (AvgIpc) is 3.14. The Morgan fingerprint density at radius 2 is 1.96 bits per heavy atom. The second-order valence-corrected chi connectivity index (χ2v) is 7.62. The third-order valence-corrected chi connectivity index (χ3v) is 5.75. The Morgan fingerprint density at radius 3 is 2.69 bits per heavy atom. The van der Waals surface area contributed by atoms with Gasteiger partial charge < -0.3 is 13.7 Å². The highest BCUT2D eigenvalue weighted by Crippen LogP contribution is 2.31. The lowest BCUT2D eigenvalue weighted by Gasteiger charge is -2.31. The van der Waals surface area contributed by atoms with Crippen LogP contribution in [0.4, 0.5) is 0 Å². The molecule has 0 aromatic carbocycles. The molecule has 0 bridgehead atoms. The van der Waals surface area contributed by atoms with E-state index in [1.54, 1.807) is 17.7 Å². The predicted molar refractivity (Wildman–Crippen MR) is 100 cm³/mol. The molecular formula is C21H28N2O3. The number of furan rings is 1. The van der Waals surface area contributed by atoms with Crippen molar-refractivity contribution in [1.29, 1.82) is 0 Å². The van der Waals surface area contributed by atoms with Gasteiger partial charge in [0.25, 0.3) is 5.56 Å². The van der Waals surface area contributed by atoms with Crippen molar-refractivity contribution in [3.05, 3.63) is 57.9 Å². The van der Waals surface area contributed by atoms with Crippen molar-refractivity contribution in [3.8, 4) is 0 Å². The summed E-state index contributed by atoms with van der Waals surface area (Å²) in [4.78, 5) is 14.3. The fraction of sp³-hybridized carbons (Fsp3) is 0.571. The molecule has 0 radical (unpaired) electrons. The average molecular weight is 356 g/mol. The maximum absolute atomic E-state index is 11.9. The molecule has 1 unspecified atom stereocenters. The molecule has 2 saturated heterocycles. The van der Waals surface area contributed by atoms with Crippen LogP contribution in [0.25, 0.3) is 0 Å². The maximum Gasteiger partial charge on any atom is 0.250 e. The van der Waals surface area contributed by atoms with Gasteiger partial charge in [0.1, 0.15) is 17.6 Å². The van der Waals surface area contributed by atoms with E-state index < -0.39 is 0 Å². The van der Waals surface area contributed by atoms with E-state index in [1.807, 2.05) is 6.20 Å². The van der Waals surface area contributed by atoms with Gasteiger partial charge in [-0.15, -0.1) is 0 Å². The molecular weight excluding hydrogens is 328 g/mol. The lowest BCUT2D eigenvalue weighted by molar-refractivity contribution is 0.000767. The number of aryl methyl sites for hydroxylation is 1. The Morgan fingerprint density at radius 1 is 1.12 bits per heavy atom. The summed E-state index contributed by atoms with van der Waals surface area (Å²) in [5.74, 6) is 2.50. The summed E-state index contributed by atoms with van der Waals surface area (Å²) < 4.78 is 13.5. The van der Waals surface area contributed by atoms with Crippen molar-refractivity contribution in [2.75, 3.05) is 19.7 Å². The minimum Gasteiger partial charge on any atom is -0.462 e. The fourth-order valence-electron chi connectivity index (χ4n) is 4.08. The molecule has 2 aliphatic heterocycles. The molecule has 26 heavy (non-hydrogen) atoms. The number of nitrogens with zero attached hydrogens (tertiary/aromatic N) is 2. The van der Waals surface area contributed by atoms with Crippen molar-refractivity contribution in [3.63, 3.8) is 0 Å². The summed E-state index contributed by atoms with van der Waals surface area (Å²) >= 11 is 0. The largest absolute Gasteiger partial charge is 0.462 e. The third kappa shape index (κ3) is 3.94. The SMILES string of the molecule is Cn1ccc(C2CCN(Cc3ccc(C4CCCCO4)o3)CC2)cc1=O. The second kappa shape index (κ2) is 7.80. The highest BCUT2D eigenvalue weighted by Gasteiger charge is 2.23. The minimum atomic E-state index is 0.0815. The molecule has 0 spiro atoms. The summed E-state index contributed by atoms with van der Waals surface area (Å²) in [6.45, 7) is 3.78. The number of pyridine rings is 1. The number of hydrogen-bond acceptors (Lipinski definition) is 4. The molecule has 5 nitrogen and oxygen atoms in total. The van der Waals surface area contributed by atoms with Crippen LogP contribution in [-0.2, 0) is 18.3 Å². The second-order valence-electron chi connectivity index (χ2n) is 7.62. The molecule has 2 aliphatic rings. The van der Waals surface area contributed by atoms with E-state index in [2.05, 4.69) is 23.1 Å². The van der Waals surface area contributed by atoms with Crippen molar-refractivity contribution >= 4 is 0 Å². The monoisotopic (exact) mass is 356 g/mol. The van der Waals surface area contributed by atoms with Gasteiger partial charge in [-0.05, 0) is 74.9 Å². The minimum absolute atomic E-state index is 0.0815. The van der Waals surface area contributed by atoms with E-state index in [4.69, 9.17) is 9.15 Å². The number of ether oxygens (including phenoxy) is 1. The van der Waals surface area contributed by atoms with E-state index in [1.165, 1.54) is 12.0 Å². The van der Waals surface area contributed by atoms with Gasteiger partial charge in [-0.2, -0.15) is 0 Å². The Hall–Kier alpha value is -1.85. The van der Waals surface area contributed by atoms with Crippen LogP contribution in [0, 0.1) is 0 Å². The molecule has 0 amide bonds. The number of piperidine rings is 1. The first-order valence-electron chi connectivity index (χ1n) is 9.78. The van der Waals surface area contributed by atoms with Crippen LogP contribution < -0.4 is 5.56 Å². The highest BCUT2D eigenvalue weighted by atomic mass is 16.5. The van der Waals surface area contributed by atoms with Gasteiger partial charge in [0, 0.05) is 25.9 Å². The topological polar surface area (TPSA) is 47.6 Å². The quantitative estimate of drug-likeness (QED) is 0.840. The molecule has 0 saturated carbocycles. The van der Waals surface area contributed by atoms with Crippen LogP contribution in [0.3, 0.4) is 0 Å². The first-order valence-corrected chi connectivity index (χ1v) is 9.78. The van der Waals surface area contributed by atoms with Crippen LogP contribution in [0.15, 0.2) is 39.7 Å². The summed E-state index contributed by atoms with van der Waals surface area (Å²) in [6.07, 6.45) is 7.64. The number of aromatic nitrogens is 1. The molecule has 2 fully saturated rings. The Labute approximate surface area is 154 Å². The molecule has 2 aromatic rings. The van der Waals surface area contributed by atoms with Gasteiger partial charge in [-0.1, -0.05) is 0 Å². The fourth-order valence-corrected chi connectivity index (χ4v) is 4.08. The van der Waals surface area contributed by atoms with Crippen molar-refractivity contribution in [2.24, 2.45) is 7.05 Å².